The SMILES string of the molecule is CCCN(CCSCC)CC(N)=NO. The van der Waals surface area contributed by atoms with Gasteiger partial charge in [0.25, 0.3) is 0 Å². The van der Waals surface area contributed by atoms with Crippen LogP contribution in [0.4, 0.5) is 0 Å². The van der Waals surface area contributed by atoms with Gasteiger partial charge in [-0.25, -0.2) is 0 Å². The number of oxime groups is 1. The summed E-state index contributed by atoms with van der Waals surface area (Å²) in [7, 11) is 0. The molecule has 0 amide bonds. The van der Waals surface area contributed by atoms with E-state index in [0.29, 0.717) is 12.4 Å². The van der Waals surface area contributed by atoms with Crippen molar-refractivity contribution >= 4 is 17.6 Å². The fraction of sp³-hybridized carbons (Fsp3) is 0.889. The lowest BCUT2D eigenvalue weighted by atomic mass is 10.4. The molecule has 3 N–H and O–H groups in total. The first-order chi connectivity index (χ1) is 6.74. The molecule has 0 heterocycles. The van der Waals surface area contributed by atoms with E-state index in [1.165, 1.54) is 0 Å². The molecule has 0 aliphatic rings. The van der Waals surface area contributed by atoms with Crippen LogP contribution in [0, 0.1) is 0 Å². The van der Waals surface area contributed by atoms with E-state index in [2.05, 4.69) is 23.9 Å². The molecule has 0 unspecified atom stereocenters. The van der Waals surface area contributed by atoms with E-state index in [1.807, 2.05) is 11.8 Å². The van der Waals surface area contributed by atoms with E-state index >= 15 is 0 Å². The smallest absolute Gasteiger partial charge is 0.153 e. The van der Waals surface area contributed by atoms with Gasteiger partial charge in [-0.3, -0.25) is 4.90 Å². The summed E-state index contributed by atoms with van der Waals surface area (Å²) < 4.78 is 0. The minimum Gasteiger partial charge on any atom is -0.409 e. The van der Waals surface area contributed by atoms with Crippen molar-refractivity contribution in [3.63, 3.8) is 0 Å². The molecule has 0 rings (SSSR count). The van der Waals surface area contributed by atoms with Gasteiger partial charge in [0, 0.05) is 12.3 Å². The summed E-state index contributed by atoms with van der Waals surface area (Å²) in [6.45, 7) is 6.85. The van der Waals surface area contributed by atoms with Gasteiger partial charge in [-0.2, -0.15) is 11.8 Å². The second kappa shape index (κ2) is 9.15. The van der Waals surface area contributed by atoms with Crippen LogP contribution in [0.2, 0.25) is 0 Å². The fourth-order valence-electron chi connectivity index (χ4n) is 1.18. The zero-order valence-electron chi connectivity index (χ0n) is 9.07. The van der Waals surface area contributed by atoms with Crippen LogP contribution in [0.15, 0.2) is 5.16 Å². The van der Waals surface area contributed by atoms with E-state index in [1.54, 1.807) is 0 Å². The molecule has 0 bridgehead atoms. The Hall–Kier alpha value is -0.420. The van der Waals surface area contributed by atoms with E-state index in [0.717, 1.165) is 31.0 Å². The predicted molar refractivity (Wildman–Crippen MR) is 63.1 cm³/mol. The second-order valence-electron chi connectivity index (χ2n) is 3.06. The van der Waals surface area contributed by atoms with Gasteiger partial charge in [-0.05, 0) is 18.7 Å². The molecule has 0 aliphatic heterocycles. The first-order valence-corrected chi connectivity index (χ1v) is 6.16. The molecule has 5 heteroatoms. The lowest BCUT2D eigenvalue weighted by Gasteiger charge is -2.20. The van der Waals surface area contributed by atoms with E-state index < -0.39 is 0 Å². The number of nitrogens with zero attached hydrogens (tertiary/aromatic N) is 2. The highest BCUT2D eigenvalue weighted by atomic mass is 32.2. The minimum absolute atomic E-state index is 0.292. The second-order valence-corrected chi connectivity index (χ2v) is 4.46. The fourth-order valence-corrected chi connectivity index (χ4v) is 1.86. The molecule has 0 aliphatic carbocycles. The van der Waals surface area contributed by atoms with Crippen LogP contribution >= 0.6 is 11.8 Å². The lowest BCUT2D eigenvalue weighted by Crippen LogP contribution is -2.36. The molecule has 0 aromatic heterocycles. The summed E-state index contributed by atoms with van der Waals surface area (Å²) >= 11 is 1.91. The summed E-state index contributed by atoms with van der Waals surface area (Å²) in [6.07, 6.45) is 1.09. The highest BCUT2D eigenvalue weighted by Gasteiger charge is 2.05. The molecular weight excluding hydrogens is 198 g/mol. The molecule has 0 aromatic carbocycles. The van der Waals surface area contributed by atoms with Gasteiger partial charge in [0.15, 0.2) is 5.84 Å². The maximum Gasteiger partial charge on any atom is 0.153 e. The number of hydrogen-bond donors (Lipinski definition) is 2. The van der Waals surface area contributed by atoms with E-state index in [4.69, 9.17) is 10.9 Å². The Balaban J connectivity index is 3.76. The highest BCUT2D eigenvalue weighted by Crippen LogP contribution is 2.00. The summed E-state index contributed by atoms with van der Waals surface area (Å²) in [6, 6.07) is 0. The zero-order valence-corrected chi connectivity index (χ0v) is 9.89. The topological polar surface area (TPSA) is 61.8 Å². The molecule has 0 saturated carbocycles. The minimum atomic E-state index is 0.292. The molecule has 0 spiro atoms. The molecule has 4 nitrogen and oxygen atoms in total. The summed E-state index contributed by atoms with van der Waals surface area (Å²) in [4.78, 5) is 2.21. The first kappa shape index (κ1) is 13.6. The van der Waals surface area contributed by atoms with Crippen molar-refractivity contribution in [3.8, 4) is 0 Å². The lowest BCUT2D eigenvalue weighted by molar-refractivity contribution is 0.299. The number of rotatable bonds is 8. The maximum absolute atomic E-state index is 8.45. The van der Waals surface area contributed by atoms with Crippen molar-refractivity contribution in [2.24, 2.45) is 10.9 Å². The van der Waals surface area contributed by atoms with Crippen LogP contribution in [0.25, 0.3) is 0 Å². The molecule has 0 saturated heterocycles. The highest BCUT2D eigenvalue weighted by molar-refractivity contribution is 7.99. The largest absolute Gasteiger partial charge is 0.409 e. The third kappa shape index (κ3) is 7.03. The summed E-state index contributed by atoms with van der Waals surface area (Å²) in [5.74, 6) is 2.54. The Labute approximate surface area is 90.5 Å². The normalized spacial score (nSPS) is 12.4. The molecule has 0 aromatic rings. The summed E-state index contributed by atoms with van der Waals surface area (Å²) in [5.41, 5.74) is 5.46. The van der Waals surface area contributed by atoms with Crippen LogP contribution in [0.1, 0.15) is 20.3 Å². The van der Waals surface area contributed by atoms with Crippen molar-refractivity contribution in [1.29, 1.82) is 0 Å². The monoisotopic (exact) mass is 219 g/mol. The van der Waals surface area contributed by atoms with Crippen LogP contribution in [0.5, 0.6) is 0 Å². The molecule has 14 heavy (non-hydrogen) atoms. The Kier molecular flexibility index (Phi) is 8.87. The van der Waals surface area contributed by atoms with Crippen molar-refractivity contribution in [2.75, 3.05) is 31.1 Å². The van der Waals surface area contributed by atoms with Crippen LogP contribution in [-0.4, -0.2) is 47.1 Å². The Morgan fingerprint density at radius 3 is 2.64 bits per heavy atom. The van der Waals surface area contributed by atoms with Gasteiger partial charge in [0.05, 0.1) is 6.54 Å². The van der Waals surface area contributed by atoms with Gasteiger partial charge >= 0.3 is 0 Å². The molecule has 0 radical (unpaired) electrons. The number of thioether (sulfide) groups is 1. The van der Waals surface area contributed by atoms with Gasteiger partial charge in [-0.15, -0.1) is 0 Å². The number of nitrogens with two attached hydrogens (primary N) is 1. The van der Waals surface area contributed by atoms with Gasteiger partial charge in [-0.1, -0.05) is 19.0 Å². The Bertz CT molecular complexity index is 164. The van der Waals surface area contributed by atoms with Crippen LogP contribution in [0.3, 0.4) is 0 Å². The van der Waals surface area contributed by atoms with E-state index in [-0.39, 0.29) is 0 Å². The number of amidine groups is 1. The Morgan fingerprint density at radius 2 is 2.14 bits per heavy atom. The first-order valence-electron chi connectivity index (χ1n) is 5.01. The summed E-state index contributed by atoms with van der Waals surface area (Å²) in [5, 5.41) is 11.4. The average molecular weight is 219 g/mol. The van der Waals surface area contributed by atoms with Crippen molar-refractivity contribution < 1.29 is 5.21 Å². The molecular formula is C9H21N3OS. The predicted octanol–water partition coefficient (Wildman–Crippen LogP) is 1.20. The van der Waals surface area contributed by atoms with Crippen molar-refractivity contribution in [1.82, 2.24) is 4.90 Å². The standard InChI is InChI=1S/C9H21N3OS/c1-3-5-12(6-7-14-4-2)8-9(10)11-13/h13H,3-8H2,1-2H3,(H2,10,11). The van der Waals surface area contributed by atoms with Crippen LogP contribution < -0.4 is 5.73 Å². The van der Waals surface area contributed by atoms with Gasteiger partial charge in [0.1, 0.15) is 0 Å². The third-order valence-electron chi connectivity index (χ3n) is 1.81. The number of hydrogen-bond acceptors (Lipinski definition) is 4. The zero-order chi connectivity index (χ0) is 10.8. The van der Waals surface area contributed by atoms with Gasteiger partial charge in [0.2, 0.25) is 0 Å². The quantitative estimate of drug-likeness (QED) is 0.212. The Morgan fingerprint density at radius 1 is 1.43 bits per heavy atom. The van der Waals surface area contributed by atoms with Crippen molar-refractivity contribution in [3.05, 3.63) is 0 Å². The third-order valence-corrected chi connectivity index (χ3v) is 2.69. The molecule has 0 fully saturated rings. The molecule has 0 atom stereocenters. The van der Waals surface area contributed by atoms with E-state index in [9.17, 15) is 0 Å². The van der Waals surface area contributed by atoms with Crippen LogP contribution in [-0.2, 0) is 0 Å². The maximum atomic E-state index is 8.45. The average Bonchev–Trinajstić information content (AvgIpc) is 2.18. The molecule has 84 valence electrons. The van der Waals surface area contributed by atoms with Gasteiger partial charge < -0.3 is 10.9 Å². The van der Waals surface area contributed by atoms with Crippen molar-refractivity contribution in [2.45, 2.75) is 20.3 Å².